The number of rotatable bonds is 5. The monoisotopic (exact) mass is 461 g/mol. The first kappa shape index (κ1) is 21.9. The van der Waals surface area contributed by atoms with Gasteiger partial charge in [-0.15, -0.1) is 0 Å². The van der Waals surface area contributed by atoms with Crippen LogP contribution in [0.4, 0.5) is 5.82 Å². The van der Waals surface area contributed by atoms with E-state index in [9.17, 15) is 9.59 Å². The summed E-state index contributed by atoms with van der Waals surface area (Å²) in [6.45, 7) is 0. The maximum atomic E-state index is 13.1. The van der Waals surface area contributed by atoms with Crippen LogP contribution < -0.4 is 10.1 Å². The molecule has 0 bridgehead atoms. The molecule has 3 aromatic heterocycles. The summed E-state index contributed by atoms with van der Waals surface area (Å²) in [5, 5.41) is 12.7. The van der Waals surface area contributed by atoms with E-state index in [1.165, 1.54) is 7.11 Å². The van der Waals surface area contributed by atoms with E-state index in [1.807, 2.05) is 31.0 Å². The lowest BCUT2D eigenvalue weighted by molar-refractivity contribution is -0.134. The number of benzene rings is 1. The fourth-order valence-corrected chi connectivity index (χ4v) is 4.66. The number of hydrogen-bond donors (Lipinski definition) is 1. The molecule has 1 fully saturated rings. The van der Waals surface area contributed by atoms with Crippen molar-refractivity contribution in [1.29, 1.82) is 0 Å². The Morgan fingerprint density at radius 3 is 2.71 bits per heavy atom. The molecule has 176 valence electrons. The smallest absolute Gasteiger partial charge is 0.260 e. The lowest BCUT2D eigenvalue weighted by atomic mass is 9.85. The molecule has 0 radical (unpaired) electrons. The third-order valence-corrected chi connectivity index (χ3v) is 6.47. The van der Waals surface area contributed by atoms with Gasteiger partial charge in [-0.1, -0.05) is 0 Å². The Kier molecular flexibility index (Phi) is 5.64. The molecule has 1 aliphatic rings. The second-order valence-electron chi connectivity index (χ2n) is 8.85. The van der Waals surface area contributed by atoms with E-state index in [4.69, 9.17) is 9.84 Å². The minimum absolute atomic E-state index is 0.0840. The maximum absolute atomic E-state index is 13.1. The van der Waals surface area contributed by atoms with Gasteiger partial charge in [0.15, 0.2) is 11.5 Å². The molecule has 0 spiro atoms. The van der Waals surface area contributed by atoms with Crippen molar-refractivity contribution in [2.75, 3.05) is 26.5 Å². The van der Waals surface area contributed by atoms with Crippen LogP contribution in [0.15, 0.2) is 42.9 Å². The maximum Gasteiger partial charge on any atom is 0.260 e. The molecule has 1 saturated carbocycles. The molecule has 5 rings (SSSR count). The standard InChI is InChI=1S/C24H27N7O3/c1-29(2)24(33)15-6-8-17(9-7-15)30-14-16-11-18(20(34-3)12-19(16)28-30)23(32)27-22-13-25-21-5-4-10-26-31(21)22/h4-5,10-15,17H,6-9H2,1-3H3,(H,27,32)/t15-,17-. The second kappa shape index (κ2) is 8.77. The summed E-state index contributed by atoms with van der Waals surface area (Å²) >= 11 is 0. The number of aromatic nitrogens is 5. The highest BCUT2D eigenvalue weighted by molar-refractivity contribution is 6.08. The minimum atomic E-state index is -0.318. The number of methoxy groups -OCH3 is 1. The Balaban J connectivity index is 1.38. The van der Waals surface area contributed by atoms with Crippen LogP contribution in [0.25, 0.3) is 16.6 Å². The summed E-state index contributed by atoms with van der Waals surface area (Å²) in [6, 6.07) is 7.41. The van der Waals surface area contributed by atoms with Gasteiger partial charge in [-0.3, -0.25) is 14.3 Å². The first-order valence-electron chi connectivity index (χ1n) is 11.3. The number of hydrogen-bond acceptors (Lipinski definition) is 6. The Morgan fingerprint density at radius 1 is 1.18 bits per heavy atom. The van der Waals surface area contributed by atoms with E-state index in [0.717, 1.165) is 36.6 Å². The normalized spacial score (nSPS) is 18.2. The van der Waals surface area contributed by atoms with E-state index < -0.39 is 0 Å². The number of carbonyl (C=O) groups is 2. The topological polar surface area (TPSA) is 107 Å². The van der Waals surface area contributed by atoms with Crippen molar-refractivity contribution in [1.82, 2.24) is 29.3 Å². The Morgan fingerprint density at radius 2 is 1.97 bits per heavy atom. The van der Waals surface area contributed by atoms with Gasteiger partial charge in [-0.25, -0.2) is 4.98 Å². The van der Waals surface area contributed by atoms with E-state index in [1.54, 1.807) is 40.0 Å². The van der Waals surface area contributed by atoms with Gasteiger partial charge in [0, 0.05) is 43.9 Å². The van der Waals surface area contributed by atoms with Crippen LogP contribution in [0.2, 0.25) is 0 Å². The van der Waals surface area contributed by atoms with E-state index in [0.29, 0.717) is 22.8 Å². The summed E-state index contributed by atoms with van der Waals surface area (Å²) in [5.74, 6) is 0.882. The van der Waals surface area contributed by atoms with Crippen LogP contribution in [0.1, 0.15) is 42.1 Å². The molecular formula is C24H27N7O3. The minimum Gasteiger partial charge on any atom is -0.496 e. The lowest BCUT2D eigenvalue weighted by Gasteiger charge is -2.29. The molecule has 1 N–H and O–H groups in total. The zero-order valence-electron chi connectivity index (χ0n) is 19.4. The van der Waals surface area contributed by atoms with Crippen LogP contribution >= 0.6 is 0 Å². The highest BCUT2D eigenvalue weighted by Gasteiger charge is 2.28. The zero-order valence-corrected chi connectivity index (χ0v) is 19.4. The molecule has 0 unspecified atom stereocenters. The van der Waals surface area contributed by atoms with Gasteiger partial charge in [-0.05, 0) is 43.9 Å². The van der Waals surface area contributed by atoms with E-state index >= 15 is 0 Å². The Labute approximate surface area is 196 Å². The van der Waals surface area contributed by atoms with Crippen LogP contribution in [0.3, 0.4) is 0 Å². The zero-order chi connectivity index (χ0) is 23.8. The van der Waals surface area contributed by atoms with Gasteiger partial charge in [0.2, 0.25) is 5.91 Å². The highest BCUT2D eigenvalue weighted by Crippen LogP contribution is 2.34. The van der Waals surface area contributed by atoms with Crippen LogP contribution in [0, 0.1) is 5.92 Å². The van der Waals surface area contributed by atoms with E-state index in [2.05, 4.69) is 15.4 Å². The third-order valence-electron chi connectivity index (χ3n) is 6.47. The fourth-order valence-electron chi connectivity index (χ4n) is 4.66. The fraction of sp³-hybridized carbons (Fsp3) is 0.375. The molecule has 10 heteroatoms. The molecule has 4 aromatic rings. The molecule has 1 aliphatic carbocycles. The molecule has 3 heterocycles. The Bertz CT molecular complexity index is 1370. The predicted octanol–water partition coefficient (Wildman–Crippen LogP) is 3.16. The van der Waals surface area contributed by atoms with Crippen LogP contribution in [-0.4, -0.2) is 62.3 Å². The number of imidazole rings is 1. The van der Waals surface area contributed by atoms with Crippen molar-refractivity contribution in [2.24, 2.45) is 5.92 Å². The quantitative estimate of drug-likeness (QED) is 0.489. The largest absolute Gasteiger partial charge is 0.496 e. The molecule has 10 nitrogen and oxygen atoms in total. The second-order valence-corrected chi connectivity index (χ2v) is 8.85. The van der Waals surface area contributed by atoms with Gasteiger partial charge in [0.25, 0.3) is 5.91 Å². The van der Waals surface area contributed by atoms with Crippen LogP contribution in [-0.2, 0) is 4.79 Å². The number of carbonyl (C=O) groups excluding carboxylic acids is 2. The van der Waals surface area contributed by atoms with Crippen LogP contribution in [0.5, 0.6) is 5.75 Å². The summed E-state index contributed by atoms with van der Waals surface area (Å²) in [6.07, 6.45) is 8.66. The summed E-state index contributed by atoms with van der Waals surface area (Å²) in [7, 11) is 5.15. The van der Waals surface area contributed by atoms with Crippen molar-refractivity contribution in [3.8, 4) is 5.75 Å². The SMILES string of the molecule is COc1cc2nn([C@H]3CC[C@H](C(=O)N(C)C)CC3)cc2cc1C(=O)Nc1cnc2cccnn12. The van der Waals surface area contributed by atoms with Crippen molar-refractivity contribution < 1.29 is 14.3 Å². The first-order valence-corrected chi connectivity index (χ1v) is 11.3. The third kappa shape index (κ3) is 3.95. The Hall–Kier alpha value is -3.95. The molecule has 34 heavy (non-hydrogen) atoms. The molecule has 2 amide bonds. The van der Waals surface area contributed by atoms with Gasteiger partial charge >= 0.3 is 0 Å². The van der Waals surface area contributed by atoms with Crippen molar-refractivity contribution >= 4 is 34.2 Å². The summed E-state index contributed by atoms with van der Waals surface area (Å²) < 4.78 is 9.05. The predicted molar refractivity (Wildman–Crippen MR) is 127 cm³/mol. The number of anilines is 1. The molecular weight excluding hydrogens is 434 g/mol. The van der Waals surface area contributed by atoms with Gasteiger partial charge < -0.3 is 15.0 Å². The van der Waals surface area contributed by atoms with Crippen molar-refractivity contribution in [3.63, 3.8) is 0 Å². The summed E-state index contributed by atoms with van der Waals surface area (Å²) in [5.41, 5.74) is 1.81. The first-order chi connectivity index (χ1) is 16.4. The lowest BCUT2D eigenvalue weighted by Crippen LogP contribution is -2.32. The van der Waals surface area contributed by atoms with Gasteiger partial charge in [0.1, 0.15) is 5.75 Å². The van der Waals surface area contributed by atoms with E-state index in [-0.39, 0.29) is 23.8 Å². The van der Waals surface area contributed by atoms with Crippen molar-refractivity contribution in [2.45, 2.75) is 31.7 Å². The summed E-state index contributed by atoms with van der Waals surface area (Å²) in [4.78, 5) is 31.3. The number of fused-ring (bicyclic) bond motifs is 2. The number of nitrogens with zero attached hydrogens (tertiary/aromatic N) is 6. The molecule has 0 saturated heterocycles. The average Bonchev–Trinajstić information content (AvgIpc) is 3.46. The molecule has 0 atom stereocenters. The molecule has 1 aromatic carbocycles. The van der Waals surface area contributed by atoms with Gasteiger partial charge in [0.05, 0.1) is 30.4 Å². The van der Waals surface area contributed by atoms with Crippen molar-refractivity contribution in [3.05, 3.63) is 48.4 Å². The number of nitrogens with one attached hydrogen (secondary N) is 1. The van der Waals surface area contributed by atoms with Gasteiger partial charge in [-0.2, -0.15) is 14.7 Å². The highest BCUT2D eigenvalue weighted by atomic mass is 16.5. The number of ether oxygens (including phenoxy) is 1. The average molecular weight is 462 g/mol. The number of amides is 2. The molecule has 0 aliphatic heterocycles.